The third-order valence-electron chi connectivity index (χ3n) is 3.50. The van der Waals surface area contributed by atoms with E-state index in [1.807, 2.05) is 31.2 Å². The van der Waals surface area contributed by atoms with E-state index in [2.05, 4.69) is 16.0 Å². The van der Waals surface area contributed by atoms with Gasteiger partial charge in [0, 0.05) is 19.5 Å². The lowest BCUT2D eigenvalue weighted by Gasteiger charge is -2.20. The summed E-state index contributed by atoms with van der Waals surface area (Å²) in [5, 5.41) is 7.81. The molecule has 1 aromatic carbocycles. The number of amides is 4. The summed E-state index contributed by atoms with van der Waals surface area (Å²) in [6.07, 6.45) is 2.19. The molecule has 0 saturated carbocycles. The van der Waals surface area contributed by atoms with Crippen molar-refractivity contribution < 1.29 is 14.4 Å². The number of nitrogens with one attached hydrogen (secondary N) is 3. The van der Waals surface area contributed by atoms with Crippen molar-refractivity contribution in [3.8, 4) is 0 Å². The second-order valence-electron chi connectivity index (χ2n) is 5.32. The molecule has 0 aliphatic carbocycles. The van der Waals surface area contributed by atoms with Gasteiger partial charge in [-0.3, -0.25) is 14.9 Å². The van der Waals surface area contributed by atoms with Gasteiger partial charge < -0.3 is 15.5 Å². The van der Waals surface area contributed by atoms with Crippen LogP contribution in [-0.4, -0.2) is 37.5 Å². The summed E-state index contributed by atoms with van der Waals surface area (Å²) in [6.45, 7) is 3.09. The Balaban J connectivity index is 1.92. The van der Waals surface area contributed by atoms with E-state index >= 15 is 0 Å². The Morgan fingerprint density at radius 2 is 2.04 bits per heavy atom. The number of carbonyl (C=O) groups is 3. The Labute approximate surface area is 135 Å². The van der Waals surface area contributed by atoms with Gasteiger partial charge in [-0.2, -0.15) is 0 Å². The smallest absolute Gasteiger partial charge is 0.321 e. The Kier molecular flexibility index (Phi) is 5.96. The summed E-state index contributed by atoms with van der Waals surface area (Å²) < 4.78 is 0. The molecule has 1 saturated heterocycles. The number of benzene rings is 1. The van der Waals surface area contributed by atoms with Crippen LogP contribution >= 0.6 is 0 Å². The maximum atomic E-state index is 11.9. The lowest BCUT2D eigenvalue weighted by molar-refractivity contribution is -0.118. The molecule has 23 heavy (non-hydrogen) atoms. The van der Waals surface area contributed by atoms with Crippen LogP contribution in [-0.2, 0) is 9.59 Å². The van der Waals surface area contributed by atoms with Crippen LogP contribution in [0.25, 0.3) is 0 Å². The van der Waals surface area contributed by atoms with Crippen LogP contribution in [0.3, 0.4) is 0 Å². The van der Waals surface area contributed by atoms with Crippen molar-refractivity contribution in [1.29, 1.82) is 0 Å². The summed E-state index contributed by atoms with van der Waals surface area (Å²) >= 11 is 0. The molecule has 1 aliphatic heterocycles. The van der Waals surface area contributed by atoms with Gasteiger partial charge in [-0.25, -0.2) is 4.79 Å². The first kappa shape index (κ1) is 16.8. The molecule has 3 N–H and O–H groups in total. The molecular formula is C16H22N4O3. The Hall–Kier alpha value is -2.57. The minimum absolute atomic E-state index is 0.0431. The molecule has 0 radical (unpaired) electrons. The molecule has 0 spiro atoms. The predicted molar refractivity (Wildman–Crippen MR) is 88.4 cm³/mol. The third-order valence-corrected chi connectivity index (χ3v) is 3.50. The van der Waals surface area contributed by atoms with Crippen LogP contribution in [0.5, 0.6) is 0 Å². The van der Waals surface area contributed by atoms with Gasteiger partial charge in [-0.1, -0.05) is 19.1 Å². The fourth-order valence-corrected chi connectivity index (χ4v) is 2.39. The molecule has 7 nitrogen and oxygen atoms in total. The molecule has 4 amide bonds. The van der Waals surface area contributed by atoms with Crippen molar-refractivity contribution in [1.82, 2.24) is 10.6 Å². The molecule has 0 atom stereocenters. The fraction of sp³-hybridized carbons (Fsp3) is 0.438. The van der Waals surface area contributed by atoms with E-state index in [0.29, 0.717) is 25.2 Å². The Morgan fingerprint density at radius 1 is 1.26 bits per heavy atom. The highest BCUT2D eigenvalue weighted by atomic mass is 16.2. The topological polar surface area (TPSA) is 90.5 Å². The minimum atomic E-state index is -0.498. The fourth-order valence-electron chi connectivity index (χ4n) is 2.39. The quantitative estimate of drug-likeness (QED) is 0.740. The van der Waals surface area contributed by atoms with Crippen LogP contribution < -0.4 is 20.9 Å². The molecule has 1 fully saturated rings. The Morgan fingerprint density at radius 3 is 2.74 bits per heavy atom. The number of hydrogen-bond donors (Lipinski definition) is 3. The van der Waals surface area contributed by atoms with Gasteiger partial charge in [-0.15, -0.1) is 0 Å². The molecule has 7 heteroatoms. The van der Waals surface area contributed by atoms with Gasteiger partial charge in [0.2, 0.25) is 11.8 Å². The van der Waals surface area contributed by atoms with Gasteiger partial charge in [-0.05, 0) is 25.0 Å². The predicted octanol–water partition coefficient (Wildman–Crippen LogP) is 1.46. The molecule has 0 aromatic heterocycles. The van der Waals surface area contributed by atoms with E-state index in [0.717, 1.165) is 18.5 Å². The standard InChI is InChI=1S/C16H22N4O3/c1-2-9-17-16(23)19-14(21)11-18-12-6-3-4-7-13(12)20-10-5-8-15(20)22/h3-4,6-7,18H,2,5,8-11H2,1H3,(H2,17,19,21,23). The molecule has 1 aliphatic rings. The van der Waals surface area contributed by atoms with Gasteiger partial charge in [0.05, 0.1) is 17.9 Å². The number of anilines is 2. The highest BCUT2D eigenvalue weighted by Crippen LogP contribution is 2.29. The van der Waals surface area contributed by atoms with E-state index in [1.165, 1.54) is 0 Å². The lowest BCUT2D eigenvalue weighted by atomic mass is 10.2. The van der Waals surface area contributed by atoms with Crippen molar-refractivity contribution >= 4 is 29.2 Å². The first-order valence-corrected chi connectivity index (χ1v) is 7.82. The van der Waals surface area contributed by atoms with Crippen molar-refractivity contribution in [2.24, 2.45) is 0 Å². The molecule has 0 unspecified atom stereocenters. The van der Waals surface area contributed by atoms with Gasteiger partial charge in [0.1, 0.15) is 0 Å². The van der Waals surface area contributed by atoms with E-state index in [1.54, 1.807) is 4.90 Å². The van der Waals surface area contributed by atoms with Crippen LogP contribution in [0.15, 0.2) is 24.3 Å². The van der Waals surface area contributed by atoms with E-state index in [9.17, 15) is 14.4 Å². The summed E-state index contributed by atoms with van der Waals surface area (Å²) in [4.78, 5) is 36.8. The summed E-state index contributed by atoms with van der Waals surface area (Å²) in [5.41, 5.74) is 1.46. The first-order valence-electron chi connectivity index (χ1n) is 7.82. The van der Waals surface area contributed by atoms with E-state index in [-0.39, 0.29) is 12.5 Å². The number of hydrogen-bond acceptors (Lipinski definition) is 4. The number of imide groups is 1. The zero-order chi connectivity index (χ0) is 16.7. The average molecular weight is 318 g/mol. The molecule has 124 valence electrons. The summed E-state index contributed by atoms with van der Waals surface area (Å²) in [7, 11) is 0. The Bertz CT molecular complexity index is 588. The minimum Gasteiger partial charge on any atom is -0.374 e. The van der Waals surface area contributed by atoms with E-state index in [4.69, 9.17) is 0 Å². The lowest BCUT2D eigenvalue weighted by Crippen LogP contribution is -2.42. The van der Waals surface area contributed by atoms with Crippen molar-refractivity contribution in [3.63, 3.8) is 0 Å². The van der Waals surface area contributed by atoms with Gasteiger partial charge >= 0.3 is 6.03 Å². The normalized spacial score (nSPS) is 13.8. The summed E-state index contributed by atoms with van der Waals surface area (Å²) in [6, 6.07) is 6.84. The third kappa shape index (κ3) is 4.70. The second kappa shape index (κ2) is 8.17. The molecule has 2 rings (SSSR count). The number of nitrogens with zero attached hydrogens (tertiary/aromatic N) is 1. The van der Waals surface area contributed by atoms with Gasteiger partial charge in [0.25, 0.3) is 0 Å². The van der Waals surface area contributed by atoms with E-state index < -0.39 is 11.9 Å². The van der Waals surface area contributed by atoms with Gasteiger partial charge in [0.15, 0.2) is 0 Å². The van der Waals surface area contributed by atoms with Crippen LogP contribution in [0.4, 0.5) is 16.2 Å². The van der Waals surface area contributed by atoms with Crippen LogP contribution in [0, 0.1) is 0 Å². The zero-order valence-corrected chi connectivity index (χ0v) is 13.2. The highest BCUT2D eigenvalue weighted by molar-refractivity contribution is 5.99. The van der Waals surface area contributed by atoms with Crippen molar-refractivity contribution in [2.75, 3.05) is 29.9 Å². The molecule has 1 aromatic rings. The summed E-state index contributed by atoms with van der Waals surface area (Å²) in [5.74, 6) is -0.344. The molecule has 0 bridgehead atoms. The van der Waals surface area contributed by atoms with Crippen molar-refractivity contribution in [2.45, 2.75) is 26.2 Å². The first-order chi connectivity index (χ1) is 11.1. The molecule has 1 heterocycles. The molecular weight excluding hydrogens is 296 g/mol. The maximum absolute atomic E-state index is 11.9. The largest absolute Gasteiger partial charge is 0.374 e. The number of rotatable bonds is 6. The highest BCUT2D eigenvalue weighted by Gasteiger charge is 2.23. The number of para-hydroxylation sites is 2. The zero-order valence-electron chi connectivity index (χ0n) is 13.2. The number of carbonyl (C=O) groups excluding carboxylic acids is 3. The van der Waals surface area contributed by atoms with Crippen molar-refractivity contribution in [3.05, 3.63) is 24.3 Å². The number of urea groups is 1. The average Bonchev–Trinajstić information content (AvgIpc) is 2.97. The van der Waals surface area contributed by atoms with Crippen LogP contribution in [0.2, 0.25) is 0 Å². The maximum Gasteiger partial charge on any atom is 0.321 e. The van der Waals surface area contributed by atoms with Crippen LogP contribution in [0.1, 0.15) is 26.2 Å². The second-order valence-corrected chi connectivity index (χ2v) is 5.32. The monoisotopic (exact) mass is 318 g/mol. The SMILES string of the molecule is CCCNC(=O)NC(=O)CNc1ccccc1N1CCCC1=O.